The third-order valence-electron chi connectivity index (χ3n) is 12.5. The van der Waals surface area contributed by atoms with Crippen molar-refractivity contribution in [2.24, 2.45) is 52.1 Å². The molecule has 8 heteroatoms. The van der Waals surface area contributed by atoms with Crippen LogP contribution >= 0.6 is 0 Å². The Morgan fingerprint density at radius 2 is 1.68 bits per heavy atom. The number of carboxylic acids is 1. The maximum Gasteiger partial charge on any atom is 0.303 e. The minimum atomic E-state index is -1.04. The van der Waals surface area contributed by atoms with E-state index in [4.69, 9.17) is 10.8 Å². The van der Waals surface area contributed by atoms with Gasteiger partial charge in [0.1, 0.15) is 6.10 Å². The summed E-state index contributed by atoms with van der Waals surface area (Å²) in [5.74, 6) is 2.23. The number of hydrogen-bond donors (Lipinski definition) is 6. The summed E-state index contributed by atoms with van der Waals surface area (Å²) in [5, 5.41) is 42.9. The zero-order valence-electron chi connectivity index (χ0n) is 25.9. The van der Waals surface area contributed by atoms with E-state index in [1.807, 2.05) is 6.92 Å². The van der Waals surface area contributed by atoms with Crippen LogP contribution in [0.5, 0.6) is 0 Å². The lowest BCUT2D eigenvalue weighted by molar-refractivity contribution is -0.175. The smallest absolute Gasteiger partial charge is 0.303 e. The van der Waals surface area contributed by atoms with Crippen LogP contribution in [0, 0.1) is 46.3 Å². The van der Waals surface area contributed by atoms with E-state index in [1.165, 1.54) is 19.3 Å². The van der Waals surface area contributed by atoms with Crippen molar-refractivity contribution in [3.05, 3.63) is 0 Å². The molecule has 0 saturated heterocycles. The van der Waals surface area contributed by atoms with Crippen LogP contribution in [0.4, 0.5) is 0 Å². The summed E-state index contributed by atoms with van der Waals surface area (Å²) >= 11 is 0. The number of rotatable bonds is 9. The van der Waals surface area contributed by atoms with Crippen molar-refractivity contribution in [3.63, 3.8) is 0 Å². The number of nitrogens with one attached hydrogen (secondary N) is 1. The first-order chi connectivity index (χ1) is 19.3. The molecule has 5 aliphatic carbocycles. The summed E-state index contributed by atoms with van der Waals surface area (Å²) < 4.78 is 0. The fraction of sp³-hybridized carbons (Fsp3) is 0.939. The molecule has 0 aromatic carbocycles. The average Bonchev–Trinajstić information content (AvgIpc) is 3.66. The lowest BCUT2D eigenvalue weighted by Gasteiger charge is -2.62. The van der Waals surface area contributed by atoms with Gasteiger partial charge in [-0.1, -0.05) is 34.1 Å². The number of nitrogens with two attached hydrogens (primary N) is 1. The van der Waals surface area contributed by atoms with E-state index in [0.29, 0.717) is 41.9 Å². The van der Waals surface area contributed by atoms with Crippen molar-refractivity contribution in [3.8, 4) is 0 Å². The van der Waals surface area contributed by atoms with Gasteiger partial charge in [0.05, 0.1) is 12.2 Å². The molecule has 12 atom stereocenters. The molecular formula is C33H58N2O6. The van der Waals surface area contributed by atoms with Crippen LogP contribution in [0.3, 0.4) is 0 Å². The second-order valence-electron chi connectivity index (χ2n) is 15.0. The molecule has 5 rings (SSSR count). The van der Waals surface area contributed by atoms with Gasteiger partial charge in [-0.25, -0.2) is 0 Å². The quantitative estimate of drug-likeness (QED) is 0.239. The van der Waals surface area contributed by atoms with Gasteiger partial charge in [-0.15, -0.1) is 0 Å². The first-order valence-corrected chi connectivity index (χ1v) is 16.6. The fourth-order valence-electron chi connectivity index (χ4n) is 9.91. The van der Waals surface area contributed by atoms with E-state index in [9.17, 15) is 24.9 Å². The van der Waals surface area contributed by atoms with Gasteiger partial charge in [0.25, 0.3) is 5.91 Å². The van der Waals surface area contributed by atoms with Crippen LogP contribution in [-0.2, 0) is 9.59 Å². The van der Waals surface area contributed by atoms with Crippen molar-refractivity contribution < 1.29 is 30.0 Å². The Kier molecular flexibility index (Phi) is 10.5. The molecule has 0 aromatic heterocycles. The number of hydrogen-bond acceptors (Lipinski definition) is 6. The molecule has 0 aromatic rings. The Morgan fingerprint density at radius 3 is 2.32 bits per heavy atom. The van der Waals surface area contributed by atoms with Crippen molar-refractivity contribution in [2.45, 2.75) is 148 Å². The molecule has 0 bridgehead atoms. The molecule has 0 radical (unpaired) electrons. The van der Waals surface area contributed by atoms with Gasteiger partial charge in [-0.3, -0.25) is 9.59 Å². The lowest BCUT2D eigenvalue weighted by atomic mass is 9.43. The van der Waals surface area contributed by atoms with Crippen LogP contribution in [-0.4, -0.2) is 62.7 Å². The number of amides is 1. The van der Waals surface area contributed by atoms with Gasteiger partial charge in [0.2, 0.25) is 0 Å². The van der Waals surface area contributed by atoms with Crippen LogP contribution in [0.2, 0.25) is 0 Å². The topological polar surface area (TPSA) is 153 Å². The second-order valence-corrected chi connectivity index (χ2v) is 15.0. The van der Waals surface area contributed by atoms with Gasteiger partial charge >= 0.3 is 5.97 Å². The number of aliphatic carboxylic acids is 1. The summed E-state index contributed by atoms with van der Waals surface area (Å²) in [6.45, 7) is 8.97. The number of carbonyl (C=O) groups is 2. The molecule has 5 fully saturated rings. The highest BCUT2D eigenvalue weighted by molar-refractivity contribution is 5.81. The normalized spacial score (nSPS) is 41.9. The van der Waals surface area contributed by atoms with E-state index in [1.54, 1.807) is 0 Å². The summed E-state index contributed by atoms with van der Waals surface area (Å²) in [5.41, 5.74) is 5.83. The van der Waals surface area contributed by atoms with Gasteiger partial charge in [0.15, 0.2) is 0 Å². The summed E-state index contributed by atoms with van der Waals surface area (Å²) in [7, 11) is 0. The van der Waals surface area contributed by atoms with Crippen LogP contribution in [0.15, 0.2) is 0 Å². The zero-order valence-corrected chi connectivity index (χ0v) is 25.9. The maximum atomic E-state index is 11.5. The van der Waals surface area contributed by atoms with Gasteiger partial charge in [-0.2, -0.15) is 0 Å². The molecule has 1 amide bonds. The second kappa shape index (κ2) is 13.2. The molecule has 41 heavy (non-hydrogen) atoms. The van der Waals surface area contributed by atoms with E-state index in [0.717, 1.165) is 57.8 Å². The Hall–Kier alpha value is -1.22. The highest BCUT2D eigenvalue weighted by Crippen LogP contribution is 2.68. The number of aliphatic hydroxyl groups is 3. The number of carbonyl (C=O) groups excluding carboxylic acids is 1. The molecular weight excluding hydrogens is 520 g/mol. The SMILES string of the molecule is CC(CCC(=O)O)[C@H]1CC[C@H]2[C@@H]3CC[C@@H]4C[C@H](O)CC[C@]4(C)[C@H]3C[C@H](O)[C@]12C.CCC[C@H](N)C(O)C(=O)NC1CC1. The minimum absolute atomic E-state index is 0.0591. The third-order valence-corrected chi connectivity index (χ3v) is 12.5. The summed E-state index contributed by atoms with van der Waals surface area (Å²) in [6.07, 6.45) is 11.8. The van der Waals surface area contributed by atoms with Crippen molar-refractivity contribution in [2.75, 3.05) is 0 Å². The minimum Gasteiger partial charge on any atom is -0.481 e. The molecule has 7 N–H and O–H groups in total. The standard InChI is InChI=1S/C24H40O4.C9H18N2O2/c1-14(4-9-22(27)28)18-7-8-19-17-6-5-15-12-16(25)10-11-23(15,2)20(17)13-21(26)24(18,19)3;1-2-3-7(10)8(12)9(13)11-6-4-5-6/h14-21,25-26H,4-13H2,1-3H3,(H,27,28);6-8,12H,2-5,10H2,1H3,(H,11,13)/t14?,15-,16-,17+,18-,19+,20+,21+,23+,24-;7-,8?/m10/s1. The van der Waals surface area contributed by atoms with Crippen molar-refractivity contribution in [1.82, 2.24) is 5.32 Å². The monoisotopic (exact) mass is 578 g/mol. The first kappa shape index (κ1) is 32.7. The maximum absolute atomic E-state index is 11.5. The molecule has 0 spiro atoms. The molecule has 0 aliphatic heterocycles. The lowest BCUT2D eigenvalue weighted by Crippen LogP contribution is -2.58. The third kappa shape index (κ3) is 6.81. The Bertz CT molecular complexity index is 912. The number of carboxylic acid groups (broad SMARTS) is 1. The summed E-state index contributed by atoms with van der Waals surface area (Å²) in [6, 6.07) is -0.139. The Labute approximate surface area is 247 Å². The van der Waals surface area contributed by atoms with Crippen molar-refractivity contribution in [1.29, 1.82) is 0 Å². The fourth-order valence-corrected chi connectivity index (χ4v) is 9.91. The molecule has 5 saturated carbocycles. The van der Waals surface area contributed by atoms with E-state index in [-0.39, 0.29) is 41.4 Å². The van der Waals surface area contributed by atoms with Crippen LogP contribution < -0.4 is 11.1 Å². The van der Waals surface area contributed by atoms with Crippen LogP contribution in [0.25, 0.3) is 0 Å². The van der Waals surface area contributed by atoms with E-state index in [2.05, 4.69) is 26.1 Å². The Balaban J connectivity index is 0.000000251. The predicted octanol–water partition coefficient (Wildman–Crippen LogP) is 4.23. The van der Waals surface area contributed by atoms with E-state index < -0.39 is 18.1 Å². The molecule has 5 aliphatic rings. The highest BCUT2D eigenvalue weighted by atomic mass is 16.4. The molecule has 8 nitrogen and oxygen atoms in total. The molecule has 236 valence electrons. The average molecular weight is 579 g/mol. The van der Waals surface area contributed by atoms with Crippen LogP contribution in [0.1, 0.15) is 118 Å². The van der Waals surface area contributed by atoms with Gasteiger partial charge in [-0.05, 0) is 123 Å². The highest BCUT2D eigenvalue weighted by Gasteiger charge is 2.63. The molecule has 2 unspecified atom stereocenters. The molecule has 0 heterocycles. The van der Waals surface area contributed by atoms with E-state index >= 15 is 0 Å². The van der Waals surface area contributed by atoms with Gasteiger partial charge in [0, 0.05) is 18.5 Å². The first-order valence-electron chi connectivity index (χ1n) is 16.6. The zero-order chi connectivity index (χ0) is 30.1. The largest absolute Gasteiger partial charge is 0.481 e. The summed E-state index contributed by atoms with van der Waals surface area (Å²) in [4.78, 5) is 22.3. The van der Waals surface area contributed by atoms with Gasteiger partial charge < -0.3 is 31.5 Å². The number of aliphatic hydroxyl groups excluding tert-OH is 3. The Morgan fingerprint density at radius 1 is 0.976 bits per heavy atom. The number of fused-ring (bicyclic) bond motifs is 5. The van der Waals surface area contributed by atoms with Crippen molar-refractivity contribution >= 4 is 11.9 Å². The predicted molar refractivity (Wildman–Crippen MR) is 159 cm³/mol.